The third kappa shape index (κ3) is 2.96. The van der Waals surface area contributed by atoms with Gasteiger partial charge >= 0.3 is 0 Å². The Kier molecular flexibility index (Phi) is 4.64. The SMILES string of the molecule is CC(=O)C(Br)c1c(I)cccc1C(F)F. The second-order valence-electron chi connectivity index (χ2n) is 3.02. The molecule has 5 heteroatoms. The molecule has 1 aromatic carbocycles. The molecular weight excluding hydrogens is 381 g/mol. The van der Waals surface area contributed by atoms with Crippen LogP contribution >= 0.6 is 38.5 Å². The second kappa shape index (κ2) is 5.34. The van der Waals surface area contributed by atoms with E-state index in [9.17, 15) is 13.6 Å². The molecule has 0 saturated heterocycles. The fourth-order valence-electron chi connectivity index (χ4n) is 1.21. The third-order valence-corrected chi connectivity index (χ3v) is 3.98. The van der Waals surface area contributed by atoms with Gasteiger partial charge < -0.3 is 0 Å². The molecule has 1 nitrogen and oxygen atoms in total. The lowest BCUT2D eigenvalue weighted by atomic mass is 10.0. The monoisotopic (exact) mass is 388 g/mol. The van der Waals surface area contributed by atoms with Crippen molar-refractivity contribution >= 4 is 44.3 Å². The molecule has 82 valence electrons. The summed E-state index contributed by atoms with van der Waals surface area (Å²) >= 11 is 5.08. The van der Waals surface area contributed by atoms with Crippen LogP contribution in [0, 0.1) is 3.57 Å². The maximum absolute atomic E-state index is 12.7. The van der Waals surface area contributed by atoms with Gasteiger partial charge in [-0.2, -0.15) is 0 Å². The third-order valence-electron chi connectivity index (χ3n) is 1.93. The number of benzene rings is 1. The van der Waals surface area contributed by atoms with Crippen molar-refractivity contribution in [1.82, 2.24) is 0 Å². The Morgan fingerprint density at radius 2 is 2.07 bits per heavy atom. The molecule has 0 heterocycles. The summed E-state index contributed by atoms with van der Waals surface area (Å²) in [6, 6.07) is 4.62. The molecule has 0 aromatic heterocycles. The lowest BCUT2D eigenvalue weighted by Crippen LogP contribution is -2.07. The lowest BCUT2D eigenvalue weighted by molar-refractivity contribution is -0.116. The van der Waals surface area contributed by atoms with Gasteiger partial charge in [0.1, 0.15) is 5.78 Å². The molecule has 0 N–H and O–H groups in total. The number of carbonyl (C=O) groups is 1. The fourth-order valence-corrected chi connectivity index (χ4v) is 2.98. The smallest absolute Gasteiger partial charge is 0.264 e. The van der Waals surface area contributed by atoms with Crippen molar-refractivity contribution in [3.63, 3.8) is 0 Å². The maximum atomic E-state index is 12.7. The van der Waals surface area contributed by atoms with Crippen LogP contribution in [0.1, 0.15) is 29.3 Å². The highest BCUT2D eigenvalue weighted by Gasteiger charge is 2.23. The number of halogens is 4. The molecule has 1 rings (SSSR count). The van der Waals surface area contributed by atoms with Crippen LogP contribution in [0.4, 0.5) is 8.78 Å². The van der Waals surface area contributed by atoms with E-state index in [2.05, 4.69) is 15.9 Å². The maximum Gasteiger partial charge on any atom is 0.264 e. The van der Waals surface area contributed by atoms with Gasteiger partial charge in [-0.3, -0.25) is 4.79 Å². The van der Waals surface area contributed by atoms with Gasteiger partial charge in [0.2, 0.25) is 0 Å². The Labute approximate surface area is 109 Å². The highest BCUT2D eigenvalue weighted by Crippen LogP contribution is 2.35. The van der Waals surface area contributed by atoms with Gasteiger partial charge in [-0.1, -0.05) is 28.1 Å². The summed E-state index contributed by atoms with van der Waals surface area (Å²) in [5.74, 6) is -0.180. The van der Waals surface area contributed by atoms with E-state index in [1.165, 1.54) is 13.0 Å². The molecule has 15 heavy (non-hydrogen) atoms. The minimum absolute atomic E-state index is 0.0843. The number of ketones is 1. The minimum Gasteiger partial charge on any atom is -0.298 e. The van der Waals surface area contributed by atoms with Crippen LogP contribution in [-0.4, -0.2) is 5.78 Å². The Hall–Kier alpha value is -0.0400. The van der Waals surface area contributed by atoms with Crippen molar-refractivity contribution in [3.05, 3.63) is 32.9 Å². The predicted molar refractivity (Wildman–Crippen MR) is 66.5 cm³/mol. The fraction of sp³-hybridized carbons (Fsp3) is 0.300. The molecule has 0 aliphatic carbocycles. The van der Waals surface area contributed by atoms with Crippen LogP contribution in [0.3, 0.4) is 0 Å². The van der Waals surface area contributed by atoms with Crippen LogP contribution in [0.25, 0.3) is 0 Å². The van der Waals surface area contributed by atoms with Gasteiger partial charge in [-0.25, -0.2) is 8.78 Å². The van der Waals surface area contributed by atoms with Crippen LogP contribution < -0.4 is 0 Å². The van der Waals surface area contributed by atoms with Crippen molar-refractivity contribution in [1.29, 1.82) is 0 Å². The zero-order valence-corrected chi connectivity index (χ0v) is 11.6. The van der Waals surface area contributed by atoms with Gasteiger partial charge in [0.05, 0.1) is 4.83 Å². The van der Waals surface area contributed by atoms with Gasteiger partial charge in [-0.15, -0.1) is 0 Å². The Balaban J connectivity index is 3.30. The first-order valence-corrected chi connectivity index (χ1v) is 6.15. The van der Waals surface area contributed by atoms with E-state index in [1.54, 1.807) is 12.1 Å². The van der Waals surface area contributed by atoms with Crippen molar-refractivity contribution in [2.45, 2.75) is 18.2 Å². The van der Waals surface area contributed by atoms with E-state index in [0.29, 0.717) is 9.13 Å². The van der Waals surface area contributed by atoms with Crippen LogP contribution in [0.2, 0.25) is 0 Å². The van der Waals surface area contributed by atoms with Gasteiger partial charge in [0, 0.05) is 9.13 Å². The average Bonchev–Trinajstić information content (AvgIpc) is 2.16. The molecule has 1 unspecified atom stereocenters. The van der Waals surface area contributed by atoms with Crippen LogP contribution in [-0.2, 0) is 4.79 Å². The first kappa shape index (κ1) is 13.0. The van der Waals surface area contributed by atoms with E-state index in [1.807, 2.05) is 22.6 Å². The van der Waals surface area contributed by atoms with Crippen LogP contribution in [0.15, 0.2) is 18.2 Å². The molecule has 0 bridgehead atoms. The molecule has 0 saturated carbocycles. The minimum atomic E-state index is -2.56. The second-order valence-corrected chi connectivity index (χ2v) is 5.09. The van der Waals surface area contributed by atoms with E-state index >= 15 is 0 Å². The Morgan fingerprint density at radius 3 is 2.53 bits per heavy atom. The van der Waals surface area contributed by atoms with Gasteiger partial charge in [-0.05, 0) is 41.1 Å². The zero-order chi connectivity index (χ0) is 11.6. The Bertz CT molecular complexity index is 382. The van der Waals surface area contributed by atoms with Crippen molar-refractivity contribution < 1.29 is 13.6 Å². The van der Waals surface area contributed by atoms with Crippen molar-refractivity contribution in [2.75, 3.05) is 0 Å². The number of hydrogen-bond acceptors (Lipinski definition) is 1. The number of Topliss-reactive ketones (excluding diaryl/α,β-unsaturated/α-hetero) is 1. The molecule has 1 atom stereocenters. The highest BCUT2D eigenvalue weighted by molar-refractivity contribution is 14.1. The van der Waals surface area contributed by atoms with Crippen molar-refractivity contribution in [2.24, 2.45) is 0 Å². The molecular formula is C10H8BrF2IO. The Morgan fingerprint density at radius 1 is 1.47 bits per heavy atom. The van der Waals surface area contributed by atoms with Gasteiger partial charge in [0.25, 0.3) is 6.43 Å². The zero-order valence-electron chi connectivity index (χ0n) is 7.81. The van der Waals surface area contributed by atoms with E-state index in [0.717, 1.165) is 0 Å². The van der Waals surface area contributed by atoms with E-state index < -0.39 is 11.3 Å². The first-order chi connectivity index (χ1) is 6.95. The number of rotatable bonds is 3. The van der Waals surface area contributed by atoms with Crippen molar-refractivity contribution in [3.8, 4) is 0 Å². The van der Waals surface area contributed by atoms with E-state index in [4.69, 9.17) is 0 Å². The van der Waals surface area contributed by atoms with Crippen LogP contribution in [0.5, 0.6) is 0 Å². The summed E-state index contributed by atoms with van der Waals surface area (Å²) in [6.07, 6.45) is -2.56. The average molecular weight is 389 g/mol. The summed E-state index contributed by atoms with van der Waals surface area (Å²) in [7, 11) is 0. The summed E-state index contributed by atoms with van der Waals surface area (Å²) < 4.78 is 26.1. The first-order valence-electron chi connectivity index (χ1n) is 4.16. The normalized spacial score (nSPS) is 12.9. The summed E-state index contributed by atoms with van der Waals surface area (Å²) in [6.45, 7) is 1.37. The van der Waals surface area contributed by atoms with E-state index in [-0.39, 0.29) is 11.3 Å². The lowest BCUT2D eigenvalue weighted by Gasteiger charge is -2.14. The number of hydrogen-bond donors (Lipinski definition) is 0. The molecule has 0 fully saturated rings. The number of carbonyl (C=O) groups excluding carboxylic acids is 1. The van der Waals surface area contributed by atoms with Gasteiger partial charge in [0.15, 0.2) is 0 Å². The molecule has 1 aromatic rings. The number of alkyl halides is 3. The summed E-state index contributed by atoms with van der Waals surface area (Å²) in [5.41, 5.74) is 0.291. The quantitative estimate of drug-likeness (QED) is 0.558. The standard InChI is InChI=1S/C10H8BrF2IO/c1-5(15)9(11)8-6(10(12)13)3-2-4-7(8)14/h2-4,9-10H,1H3. The molecule has 0 aliphatic rings. The summed E-state index contributed by atoms with van der Waals surface area (Å²) in [4.78, 5) is 10.5. The molecule has 0 aliphatic heterocycles. The molecule has 0 amide bonds. The molecule has 0 spiro atoms. The summed E-state index contributed by atoms with van der Waals surface area (Å²) in [5, 5.41) is 0. The predicted octanol–water partition coefficient (Wildman–Crippen LogP) is 4.25. The highest BCUT2D eigenvalue weighted by atomic mass is 127. The molecule has 0 radical (unpaired) electrons. The topological polar surface area (TPSA) is 17.1 Å². The largest absolute Gasteiger partial charge is 0.298 e.